The highest BCUT2D eigenvalue weighted by Gasteiger charge is 2.15. The predicted molar refractivity (Wildman–Crippen MR) is 59.4 cm³/mol. The Kier molecular flexibility index (Phi) is 4.12. The molecule has 1 aromatic rings. The molecule has 1 aromatic carbocycles. The van der Waals surface area contributed by atoms with Gasteiger partial charge in [-0.15, -0.1) is 6.58 Å². The first-order chi connectivity index (χ1) is 7.07. The van der Waals surface area contributed by atoms with Crippen LogP contribution in [-0.2, 0) is 0 Å². The Labute approximate surface area is 93.2 Å². The summed E-state index contributed by atoms with van der Waals surface area (Å²) in [6, 6.07) is 2.29. The van der Waals surface area contributed by atoms with Crippen LogP contribution in [0.3, 0.4) is 0 Å². The molecule has 0 aliphatic heterocycles. The van der Waals surface area contributed by atoms with Gasteiger partial charge in [0, 0.05) is 11.6 Å². The lowest BCUT2D eigenvalue weighted by atomic mass is 10.0. The molecule has 0 fully saturated rings. The van der Waals surface area contributed by atoms with Gasteiger partial charge in [-0.3, -0.25) is 0 Å². The lowest BCUT2D eigenvalue weighted by molar-refractivity contribution is 0.453. The van der Waals surface area contributed by atoms with Crippen LogP contribution >= 0.6 is 11.6 Å². The molecule has 3 N–H and O–H groups in total. The van der Waals surface area contributed by atoms with Crippen LogP contribution in [0.25, 0.3) is 0 Å². The van der Waals surface area contributed by atoms with Gasteiger partial charge in [-0.05, 0) is 18.9 Å². The van der Waals surface area contributed by atoms with E-state index in [0.29, 0.717) is 12.0 Å². The Hall–Kier alpha value is -1.06. The number of phenolic OH excluding ortho intramolecular Hbond substituents is 1. The average molecular weight is 230 g/mol. The molecule has 0 spiro atoms. The predicted octanol–water partition coefficient (Wildman–Crippen LogP) is 3.15. The van der Waals surface area contributed by atoms with Crippen LogP contribution in [0.4, 0.5) is 4.39 Å². The Morgan fingerprint density at radius 1 is 1.60 bits per heavy atom. The maximum atomic E-state index is 12.9. The van der Waals surface area contributed by atoms with Gasteiger partial charge in [-0.2, -0.15) is 0 Å². The fraction of sp³-hybridized carbons (Fsp3) is 0.273. The van der Waals surface area contributed by atoms with Crippen molar-refractivity contribution in [2.45, 2.75) is 18.9 Å². The number of aromatic hydroxyl groups is 1. The first-order valence-corrected chi connectivity index (χ1v) is 4.99. The third-order valence-corrected chi connectivity index (χ3v) is 2.54. The number of hydrogen-bond acceptors (Lipinski definition) is 2. The smallest absolute Gasteiger partial charge is 0.145 e. The maximum absolute atomic E-state index is 12.9. The molecule has 4 heteroatoms. The zero-order valence-corrected chi connectivity index (χ0v) is 8.97. The van der Waals surface area contributed by atoms with Gasteiger partial charge in [0.15, 0.2) is 0 Å². The summed E-state index contributed by atoms with van der Waals surface area (Å²) in [5, 5.41) is 9.29. The number of hydrogen-bond donors (Lipinski definition) is 2. The summed E-state index contributed by atoms with van der Waals surface area (Å²) in [6.07, 6.45) is 3.11. The third kappa shape index (κ3) is 2.70. The summed E-state index contributed by atoms with van der Waals surface area (Å²) in [5.74, 6) is -0.915. The van der Waals surface area contributed by atoms with Crippen molar-refractivity contribution in [3.63, 3.8) is 0 Å². The minimum absolute atomic E-state index is 0.270. The van der Waals surface area contributed by atoms with Crippen molar-refractivity contribution in [3.05, 3.63) is 41.2 Å². The number of halogens is 2. The van der Waals surface area contributed by atoms with Crippen LogP contribution in [0.5, 0.6) is 5.75 Å². The molecule has 0 heterocycles. The second-order valence-electron chi connectivity index (χ2n) is 3.27. The first-order valence-electron chi connectivity index (χ1n) is 4.61. The second-order valence-corrected chi connectivity index (χ2v) is 3.65. The molecule has 2 nitrogen and oxygen atoms in total. The van der Waals surface area contributed by atoms with Crippen LogP contribution < -0.4 is 5.73 Å². The van der Waals surface area contributed by atoms with Crippen molar-refractivity contribution in [1.29, 1.82) is 0 Å². The highest BCUT2D eigenvalue weighted by molar-refractivity contribution is 6.32. The fourth-order valence-corrected chi connectivity index (χ4v) is 1.48. The van der Waals surface area contributed by atoms with E-state index in [4.69, 9.17) is 17.3 Å². The monoisotopic (exact) mass is 229 g/mol. The van der Waals surface area contributed by atoms with Crippen molar-refractivity contribution in [2.75, 3.05) is 0 Å². The molecule has 0 bridgehead atoms. The van der Waals surface area contributed by atoms with Crippen LogP contribution in [-0.4, -0.2) is 5.11 Å². The summed E-state index contributed by atoms with van der Waals surface area (Å²) >= 11 is 5.56. The number of nitrogens with two attached hydrogens (primary N) is 1. The van der Waals surface area contributed by atoms with Crippen LogP contribution in [0.1, 0.15) is 24.4 Å². The molecule has 15 heavy (non-hydrogen) atoms. The van der Waals surface area contributed by atoms with Gasteiger partial charge in [0.1, 0.15) is 16.6 Å². The summed E-state index contributed by atoms with van der Waals surface area (Å²) in [4.78, 5) is 0. The molecule has 0 unspecified atom stereocenters. The maximum Gasteiger partial charge on any atom is 0.145 e. The lowest BCUT2D eigenvalue weighted by Crippen LogP contribution is -2.10. The van der Waals surface area contributed by atoms with Gasteiger partial charge in [0.25, 0.3) is 0 Å². The van der Waals surface area contributed by atoms with Gasteiger partial charge in [0.2, 0.25) is 0 Å². The van der Waals surface area contributed by atoms with E-state index in [1.165, 1.54) is 12.1 Å². The normalized spacial score (nSPS) is 12.5. The van der Waals surface area contributed by atoms with Gasteiger partial charge in [-0.25, -0.2) is 4.39 Å². The zero-order chi connectivity index (χ0) is 11.4. The molecule has 0 radical (unpaired) electrons. The minimum Gasteiger partial charge on any atom is -0.506 e. The highest BCUT2D eigenvalue weighted by atomic mass is 35.5. The van der Waals surface area contributed by atoms with Gasteiger partial charge in [-0.1, -0.05) is 23.7 Å². The van der Waals surface area contributed by atoms with E-state index in [1.54, 1.807) is 6.08 Å². The van der Waals surface area contributed by atoms with Crippen molar-refractivity contribution < 1.29 is 9.50 Å². The van der Waals surface area contributed by atoms with E-state index in [2.05, 4.69) is 6.58 Å². The fourth-order valence-electron chi connectivity index (χ4n) is 1.31. The first kappa shape index (κ1) is 12.0. The van der Waals surface area contributed by atoms with E-state index in [0.717, 1.165) is 6.42 Å². The molecule has 0 aliphatic rings. The standard InChI is InChI=1S/C11H13ClFNO/c1-2-3-4-9(14)7-5-6-8(13)10(12)11(7)15/h2,5-6,9,15H,1,3-4,14H2/t9-/m0/s1. The van der Waals surface area contributed by atoms with E-state index >= 15 is 0 Å². The summed E-state index contributed by atoms with van der Waals surface area (Å²) in [7, 11) is 0. The van der Waals surface area contributed by atoms with Crippen molar-refractivity contribution >= 4 is 11.6 Å². The van der Waals surface area contributed by atoms with E-state index in [1.807, 2.05) is 0 Å². The quantitative estimate of drug-likeness (QED) is 0.780. The van der Waals surface area contributed by atoms with Crippen molar-refractivity contribution in [3.8, 4) is 5.75 Å². The molecule has 0 aliphatic carbocycles. The topological polar surface area (TPSA) is 46.2 Å². The number of phenols is 1. The summed E-state index contributed by atoms with van der Waals surface area (Å²) < 4.78 is 12.9. The molecular formula is C11H13ClFNO. The average Bonchev–Trinajstić information content (AvgIpc) is 2.23. The summed E-state index contributed by atoms with van der Waals surface area (Å²) in [6.45, 7) is 3.58. The SMILES string of the molecule is C=CCC[C@H](N)c1ccc(F)c(Cl)c1O. The zero-order valence-electron chi connectivity index (χ0n) is 8.21. The van der Waals surface area contributed by atoms with E-state index in [-0.39, 0.29) is 16.8 Å². The van der Waals surface area contributed by atoms with E-state index in [9.17, 15) is 9.50 Å². The molecule has 0 amide bonds. The lowest BCUT2D eigenvalue weighted by Gasteiger charge is -2.13. The molecule has 82 valence electrons. The summed E-state index contributed by atoms with van der Waals surface area (Å²) in [5.41, 5.74) is 6.27. The Bertz CT molecular complexity index is 368. The molecule has 0 saturated heterocycles. The Balaban J connectivity index is 2.94. The number of rotatable bonds is 4. The molecular weight excluding hydrogens is 217 g/mol. The number of benzene rings is 1. The van der Waals surface area contributed by atoms with Crippen molar-refractivity contribution in [2.24, 2.45) is 5.73 Å². The largest absolute Gasteiger partial charge is 0.506 e. The Morgan fingerprint density at radius 3 is 2.87 bits per heavy atom. The molecule has 0 aromatic heterocycles. The highest BCUT2D eigenvalue weighted by Crippen LogP contribution is 2.34. The molecule has 1 rings (SSSR count). The van der Waals surface area contributed by atoms with Gasteiger partial charge >= 0.3 is 0 Å². The molecule has 0 saturated carbocycles. The van der Waals surface area contributed by atoms with Gasteiger partial charge in [0.05, 0.1) is 0 Å². The Morgan fingerprint density at radius 2 is 2.27 bits per heavy atom. The van der Waals surface area contributed by atoms with Crippen LogP contribution in [0.2, 0.25) is 5.02 Å². The van der Waals surface area contributed by atoms with Crippen LogP contribution in [0, 0.1) is 5.82 Å². The van der Waals surface area contributed by atoms with Crippen molar-refractivity contribution in [1.82, 2.24) is 0 Å². The third-order valence-electron chi connectivity index (χ3n) is 2.18. The van der Waals surface area contributed by atoms with E-state index < -0.39 is 5.82 Å². The minimum atomic E-state index is -0.645. The van der Waals surface area contributed by atoms with Gasteiger partial charge < -0.3 is 10.8 Å². The number of allylic oxidation sites excluding steroid dienone is 1. The molecule has 1 atom stereocenters. The van der Waals surface area contributed by atoms with Crippen LogP contribution in [0.15, 0.2) is 24.8 Å². The second kappa shape index (κ2) is 5.14.